The lowest BCUT2D eigenvalue weighted by molar-refractivity contribution is -0.139. The van der Waals surface area contributed by atoms with Gasteiger partial charge < -0.3 is 24.4 Å². The maximum absolute atomic E-state index is 14.7. The van der Waals surface area contributed by atoms with Gasteiger partial charge in [-0.25, -0.2) is 12.8 Å². The van der Waals surface area contributed by atoms with Crippen molar-refractivity contribution in [1.82, 2.24) is 10.2 Å². The Labute approximate surface area is 256 Å². The van der Waals surface area contributed by atoms with Gasteiger partial charge in [-0.1, -0.05) is 29.8 Å². The minimum absolute atomic E-state index is 0.0248. The van der Waals surface area contributed by atoms with Gasteiger partial charge in [0.2, 0.25) is 11.8 Å². The number of amides is 2. The molecule has 0 radical (unpaired) electrons. The van der Waals surface area contributed by atoms with Crippen LogP contribution in [0.1, 0.15) is 26.3 Å². The predicted octanol–water partition coefficient (Wildman–Crippen LogP) is 4.64. The minimum atomic E-state index is -4.50. The molecule has 0 fully saturated rings. The third-order valence-electron chi connectivity index (χ3n) is 6.53. The molecule has 0 bridgehead atoms. The molecule has 0 unspecified atom stereocenters. The normalized spacial score (nSPS) is 11.9. The maximum Gasteiger partial charge on any atom is 0.265 e. The van der Waals surface area contributed by atoms with Crippen LogP contribution in [0.5, 0.6) is 17.2 Å². The summed E-state index contributed by atoms with van der Waals surface area (Å²) in [5.41, 5.74) is 0.123. The highest BCUT2D eigenvalue weighted by Crippen LogP contribution is 2.37. The number of hydrogen-bond donors (Lipinski definition) is 1. The van der Waals surface area contributed by atoms with E-state index < -0.39 is 40.2 Å². The Morgan fingerprint density at radius 2 is 1.53 bits per heavy atom. The molecule has 13 heteroatoms. The van der Waals surface area contributed by atoms with Crippen LogP contribution in [-0.2, 0) is 26.2 Å². The van der Waals surface area contributed by atoms with E-state index in [0.717, 1.165) is 9.21 Å². The molecular formula is C30H35ClFN3O7S. The third-order valence-corrected chi connectivity index (χ3v) is 8.52. The van der Waals surface area contributed by atoms with Gasteiger partial charge in [0.25, 0.3) is 10.0 Å². The van der Waals surface area contributed by atoms with E-state index in [9.17, 15) is 22.4 Å². The Kier molecular flexibility index (Phi) is 11.2. The molecule has 1 N–H and O–H groups in total. The lowest BCUT2D eigenvalue weighted by atomic mass is 10.1. The third kappa shape index (κ3) is 7.88. The first-order valence-electron chi connectivity index (χ1n) is 13.3. The lowest BCUT2D eigenvalue weighted by Crippen LogP contribution is -2.52. The first-order valence-corrected chi connectivity index (χ1v) is 15.1. The highest BCUT2D eigenvalue weighted by atomic mass is 35.5. The van der Waals surface area contributed by atoms with Crippen LogP contribution in [0, 0.1) is 5.82 Å². The predicted molar refractivity (Wildman–Crippen MR) is 162 cm³/mol. The van der Waals surface area contributed by atoms with Gasteiger partial charge in [0.05, 0.1) is 31.9 Å². The SMILES string of the molecule is COc1ccc(S(=O)(=O)N(CC(=O)N(Cc2ccccc2F)[C@H](C)C(=O)NC(C)C)c2cc(Cl)ccc2OC)cc1OC. The molecule has 0 aromatic heterocycles. The molecule has 0 heterocycles. The molecule has 0 spiro atoms. The standard InChI is InChI=1S/C30H35ClFN3O7S/c1-19(2)33-30(37)20(3)34(17-21-9-7-8-10-24(21)32)29(36)18-35(25-15-22(31)11-13-26(25)40-4)43(38,39)23-12-14-27(41-5)28(16-23)42-6/h7-16,19-20H,17-18H2,1-6H3,(H,33,37)/t20-/m1/s1. The molecule has 2 amide bonds. The van der Waals surface area contributed by atoms with E-state index in [2.05, 4.69) is 5.32 Å². The number of anilines is 1. The second kappa shape index (κ2) is 14.4. The van der Waals surface area contributed by atoms with Crippen molar-refractivity contribution in [3.8, 4) is 17.2 Å². The van der Waals surface area contributed by atoms with Crippen LogP contribution in [-0.4, -0.2) is 65.1 Å². The monoisotopic (exact) mass is 635 g/mol. The zero-order valence-electron chi connectivity index (χ0n) is 24.8. The maximum atomic E-state index is 14.7. The quantitative estimate of drug-likeness (QED) is 0.291. The Morgan fingerprint density at radius 1 is 0.907 bits per heavy atom. The smallest absolute Gasteiger partial charge is 0.265 e. The zero-order valence-corrected chi connectivity index (χ0v) is 26.3. The number of nitrogens with zero attached hydrogens (tertiary/aromatic N) is 2. The van der Waals surface area contributed by atoms with Gasteiger partial charge >= 0.3 is 0 Å². The van der Waals surface area contributed by atoms with E-state index in [4.69, 9.17) is 25.8 Å². The zero-order chi connectivity index (χ0) is 31.9. The Hall–Kier alpha value is -4.03. The average molecular weight is 636 g/mol. The fourth-order valence-electron chi connectivity index (χ4n) is 4.27. The molecular weight excluding hydrogens is 601 g/mol. The average Bonchev–Trinajstić information content (AvgIpc) is 2.98. The van der Waals surface area contributed by atoms with E-state index in [0.29, 0.717) is 5.75 Å². The Morgan fingerprint density at radius 3 is 2.14 bits per heavy atom. The van der Waals surface area contributed by atoms with E-state index in [1.165, 1.54) is 82.9 Å². The van der Waals surface area contributed by atoms with Gasteiger partial charge in [0, 0.05) is 29.2 Å². The van der Waals surface area contributed by atoms with Crippen LogP contribution in [0.2, 0.25) is 5.02 Å². The van der Waals surface area contributed by atoms with E-state index in [1.807, 2.05) is 0 Å². The van der Waals surface area contributed by atoms with Crippen molar-refractivity contribution in [2.75, 3.05) is 32.2 Å². The van der Waals surface area contributed by atoms with Crippen molar-refractivity contribution >= 4 is 39.1 Å². The van der Waals surface area contributed by atoms with Crippen LogP contribution in [0.3, 0.4) is 0 Å². The first-order chi connectivity index (χ1) is 20.3. The van der Waals surface area contributed by atoms with Gasteiger partial charge in [-0.15, -0.1) is 0 Å². The summed E-state index contributed by atoms with van der Waals surface area (Å²) in [6.07, 6.45) is 0. The van der Waals surface area contributed by atoms with Gasteiger partial charge in [0.1, 0.15) is 24.2 Å². The van der Waals surface area contributed by atoms with Crippen LogP contribution in [0.15, 0.2) is 65.6 Å². The summed E-state index contributed by atoms with van der Waals surface area (Å²) >= 11 is 6.26. The van der Waals surface area contributed by atoms with Crippen molar-refractivity contribution in [3.63, 3.8) is 0 Å². The van der Waals surface area contributed by atoms with E-state index >= 15 is 0 Å². The minimum Gasteiger partial charge on any atom is -0.495 e. The molecule has 0 aliphatic heterocycles. The summed E-state index contributed by atoms with van der Waals surface area (Å²) in [5, 5.41) is 2.93. The van der Waals surface area contributed by atoms with Gasteiger partial charge in [-0.05, 0) is 57.2 Å². The van der Waals surface area contributed by atoms with E-state index in [1.54, 1.807) is 19.9 Å². The molecule has 232 valence electrons. The van der Waals surface area contributed by atoms with Crippen molar-refractivity contribution in [2.24, 2.45) is 0 Å². The second-order valence-electron chi connectivity index (χ2n) is 9.80. The highest BCUT2D eigenvalue weighted by Gasteiger charge is 2.35. The van der Waals surface area contributed by atoms with Crippen molar-refractivity contribution in [1.29, 1.82) is 0 Å². The van der Waals surface area contributed by atoms with Gasteiger partial charge in [-0.2, -0.15) is 0 Å². The molecule has 0 saturated heterocycles. The highest BCUT2D eigenvalue weighted by molar-refractivity contribution is 7.92. The lowest BCUT2D eigenvalue weighted by Gasteiger charge is -2.32. The number of halogens is 2. The van der Waals surface area contributed by atoms with Crippen molar-refractivity contribution in [2.45, 2.75) is 44.3 Å². The largest absolute Gasteiger partial charge is 0.495 e. The summed E-state index contributed by atoms with van der Waals surface area (Å²) in [5.74, 6) is -1.29. The van der Waals surface area contributed by atoms with Crippen LogP contribution >= 0.6 is 11.6 Å². The van der Waals surface area contributed by atoms with Crippen LogP contribution in [0.4, 0.5) is 10.1 Å². The number of rotatable bonds is 13. The molecule has 10 nitrogen and oxygen atoms in total. The summed E-state index contributed by atoms with van der Waals surface area (Å²) < 4.78 is 59.9. The summed E-state index contributed by atoms with van der Waals surface area (Å²) in [4.78, 5) is 28.0. The number of carbonyl (C=O) groups excluding carboxylic acids is 2. The fraction of sp³-hybridized carbons (Fsp3) is 0.333. The number of carbonyl (C=O) groups is 2. The Bertz CT molecular complexity index is 1570. The van der Waals surface area contributed by atoms with Crippen molar-refractivity contribution in [3.05, 3.63) is 77.1 Å². The number of hydrogen-bond acceptors (Lipinski definition) is 7. The van der Waals surface area contributed by atoms with Gasteiger partial charge in [0.15, 0.2) is 11.5 Å². The summed E-state index contributed by atoms with van der Waals surface area (Å²) in [6, 6.07) is 12.8. The van der Waals surface area contributed by atoms with Crippen LogP contribution < -0.4 is 23.8 Å². The molecule has 3 aromatic rings. The molecule has 3 aromatic carbocycles. The van der Waals surface area contributed by atoms with Crippen molar-refractivity contribution < 1.29 is 36.6 Å². The second-order valence-corrected chi connectivity index (χ2v) is 12.1. The topological polar surface area (TPSA) is 114 Å². The molecule has 1 atom stereocenters. The molecule has 43 heavy (non-hydrogen) atoms. The van der Waals surface area contributed by atoms with Gasteiger partial charge in [-0.3, -0.25) is 13.9 Å². The summed E-state index contributed by atoms with van der Waals surface area (Å²) in [6.45, 7) is 3.94. The molecule has 0 aliphatic carbocycles. The number of ether oxygens (including phenoxy) is 3. The number of nitrogens with one attached hydrogen (secondary N) is 1. The number of benzene rings is 3. The molecule has 3 rings (SSSR count). The molecule has 0 aliphatic rings. The first kappa shape index (κ1) is 33.5. The van der Waals surface area contributed by atoms with E-state index in [-0.39, 0.29) is 45.3 Å². The summed E-state index contributed by atoms with van der Waals surface area (Å²) in [7, 11) is -0.381. The van der Waals surface area contributed by atoms with Crippen LogP contribution in [0.25, 0.3) is 0 Å². The number of sulfonamides is 1. The fourth-order valence-corrected chi connectivity index (χ4v) is 5.87. The number of methoxy groups -OCH3 is 3. The molecule has 0 saturated carbocycles. The Balaban J connectivity index is 2.16.